The third-order valence-corrected chi connectivity index (χ3v) is 1.50. The average Bonchev–Trinajstić information content (AvgIpc) is 2.14. The van der Waals surface area contributed by atoms with E-state index in [9.17, 15) is 18.0 Å². The molecule has 5 nitrogen and oxygen atoms in total. The largest absolute Gasteiger partial charge is 0.574 e. The van der Waals surface area contributed by atoms with Crippen LogP contribution >= 0.6 is 0 Å². The van der Waals surface area contributed by atoms with Crippen LogP contribution in [0.25, 0.3) is 0 Å². The molecule has 1 aromatic rings. The van der Waals surface area contributed by atoms with Crippen LogP contribution in [0.3, 0.4) is 0 Å². The maximum absolute atomic E-state index is 11.9. The van der Waals surface area contributed by atoms with Gasteiger partial charge in [0.05, 0.1) is 11.3 Å². The summed E-state index contributed by atoms with van der Waals surface area (Å²) in [5, 5.41) is 8.46. The number of nitrogens with zero attached hydrogens (tertiary/aromatic N) is 2. The fourth-order valence-corrected chi connectivity index (χ4v) is 0.914. The topological polar surface area (TPSA) is 89.0 Å². The van der Waals surface area contributed by atoms with Gasteiger partial charge in [-0.3, -0.25) is 4.79 Å². The van der Waals surface area contributed by atoms with E-state index >= 15 is 0 Å². The number of hydrogen-bond acceptors (Lipinski definition) is 5. The highest BCUT2D eigenvalue weighted by Crippen LogP contribution is 2.27. The molecule has 0 aliphatic carbocycles. The van der Waals surface area contributed by atoms with Gasteiger partial charge in [-0.05, 0) is 6.07 Å². The first-order valence-electron chi connectivity index (χ1n) is 3.79. The predicted molar refractivity (Wildman–Crippen MR) is 45.4 cm³/mol. The van der Waals surface area contributed by atoms with Gasteiger partial charge in [-0.15, -0.1) is 13.2 Å². The summed E-state index contributed by atoms with van der Waals surface area (Å²) in [6.45, 7) is 0. The Hall–Kier alpha value is -2.30. The first kappa shape index (κ1) is 11.8. The number of halogens is 3. The average molecular weight is 231 g/mol. The van der Waals surface area contributed by atoms with E-state index in [-0.39, 0.29) is 17.7 Å². The number of nitrogen functional groups attached to an aromatic ring is 1. The van der Waals surface area contributed by atoms with E-state index in [1.807, 2.05) is 0 Å². The number of nitriles is 1. The Kier molecular flexibility index (Phi) is 2.99. The molecular weight excluding hydrogens is 227 g/mol. The van der Waals surface area contributed by atoms with E-state index in [1.165, 1.54) is 6.07 Å². The zero-order valence-electron chi connectivity index (χ0n) is 7.58. The molecule has 0 amide bonds. The highest BCUT2D eigenvalue weighted by atomic mass is 19.4. The summed E-state index contributed by atoms with van der Waals surface area (Å²) in [7, 11) is 0. The summed E-state index contributed by atoms with van der Waals surface area (Å²) in [6.07, 6.45) is -4.93. The predicted octanol–water partition coefficient (Wildman–Crippen LogP) is 1.25. The lowest BCUT2D eigenvalue weighted by Gasteiger charge is -2.10. The van der Waals surface area contributed by atoms with Crippen LogP contribution in [-0.4, -0.2) is 17.6 Å². The highest BCUT2D eigenvalue weighted by molar-refractivity contribution is 5.86. The molecule has 1 aromatic heterocycles. The van der Waals surface area contributed by atoms with E-state index in [2.05, 4.69) is 9.72 Å². The molecule has 0 unspecified atom stereocenters. The van der Waals surface area contributed by atoms with Crippen LogP contribution in [0.15, 0.2) is 6.07 Å². The second-order valence-corrected chi connectivity index (χ2v) is 2.59. The van der Waals surface area contributed by atoms with Crippen LogP contribution < -0.4 is 10.5 Å². The number of hydrogen-bond donors (Lipinski definition) is 1. The van der Waals surface area contributed by atoms with Crippen LogP contribution in [0.4, 0.5) is 18.9 Å². The van der Waals surface area contributed by atoms with Crippen molar-refractivity contribution in [2.75, 3.05) is 5.73 Å². The van der Waals surface area contributed by atoms with Gasteiger partial charge >= 0.3 is 6.36 Å². The van der Waals surface area contributed by atoms with Crippen molar-refractivity contribution < 1.29 is 22.7 Å². The molecule has 1 heterocycles. The first-order valence-corrected chi connectivity index (χ1v) is 3.79. The molecule has 0 spiro atoms. The number of carbonyl (C=O) groups is 1. The van der Waals surface area contributed by atoms with Gasteiger partial charge < -0.3 is 10.5 Å². The van der Waals surface area contributed by atoms with Crippen molar-refractivity contribution in [2.45, 2.75) is 6.36 Å². The summed E-state index contributed by atoms with van der Waals surface area (Å²) < 4.78 is 39.2. The molecule has 0 aliphatic rings. The van der Waals surface area contributed by atoms with Gasteiger partial charge in [-0.25, -0.2) is 4.98 Å². The number of aromatic nitrogens is 1. The number of ether oxygens (including phenoxy) is 1. The van der Waals surface area contributed by atoms with Gasteiger partial charge in [0.2, 0.25) is 5.88 Å². The first-order chi connectivity index (χ1) is 7.37. The number of anilines is 1. The van der Waals surface area contributed by atoms with Crippen molar-refractivity contribution in [3.8, 4) is 11.9 Å². The Morgan fingerprint density at radius 1 is 1.56 bits per heavy atom. The quantitative estimate of drug-likeness (QED) is 0.773. The second-order valence-electron chi connectivity index (χ2n) is 2.59. The van der Waals surface area contributed by atoms with Crippen molar-refractivity contribution >= 4 is 12.0 Å². The molecule has 0 fully saturated rings. The minimum absolute atomic E-state index is 0.0740. The zero-order valence-corrected chi connectivity index (χ0v) is 7.58. The lowest BCUT2D eigenvalue weighted by Crippen LogP contribution is -2.19. The smallest absolute Gasteiger partial charge is 0.398 e. The molecule has 84 valence electrons. The summed E-state index contributed by atoms with van der Waals surface area (Å²) in [4.78, 5) is 13.7. The second kappa shape index (κ2) is 4.06. The summed E-state index contributed by atoms with van der Waals surface area (Å²) in [5.41, 5.74) is 4.03. The fourth-order valence-electron chi connectivity index (χ4n) is 0.914. The monoisotopic (exact) mass is 231 g/mol. The van der Waals surface area contributed by atoms with E-state index in [0.717, 1.165) is 6.07 Å². The fraction of sp³-hybridized carbons (Fsp3) is 0.125. The molecule has 0 saturated carbocycles. The Bertz CT molecular complexity index is 465. The molecule has 16 heavy (non-hydrogen) atoms. The molecule has 2 N–H and O–H groups in total. The normalized spacial score (nSPS) is 10.6. The SMILES string of the molecule is N#Cc1cc(N)c(C=O)c(OC(F)(F)F)n1. The zero-order chi connectivity index (χ0) is 12.3. The van der Waals surface area contributed by atoms with E-state index in [1.54, 1.807) is 0 Å². The van der Waals surface area contributed by atoms with Gasteiger partial charge in [0, 0.05) is 0 Å². The van der Waals surface area contributed by atoms with E-state index in [4.69, 9.17) is 11.0 Å². The number of carbonyl (C=O) groups excluding carboxylic acids is 1. The molecule has 0 aromatic carbocycles. The van der Waals surface area contributed by atoms with Gasteiger partial charge in [0.1, 0.15) is 11.8 Å². The third kappa shape index (κ3) is 2.60. The molecule has 0 atom stereocenters. The van der Waals surface area contributed by atoms with Crippen molar-refractivity contribution in [2.24, 2.45) is 0 Å². The minimum Gasteiger partial charge on any atom is -0.398 e. The van der Waals surface area contributed by atoms with Gasteiger partial charge in [-0.1, -0.05) is 0 Å². The molecule has 8 heteroatoms. The van der Waals surface area contributed by atoms with Crippen LogP contribution in [0.5, 0.6) is 5.88 Å². The lowest BCUT2D eigenvalue weighted by molar-refractivity contribution is -0.276. The van der Waals surface area contributed by atoms with Crippen LogP contribution in [0.2, 0.25) is 0 Å². The molecule has 0 radical (unpaired) electrons. The number of nitrogens with two attached hydrogens (primary N) is 1. The summed E-state index contributed by atoms with van der Waals surface area (Å²) in [5.74, 6) is -1.03. The standard InChI is InChI=1S/C8H4F3N3O2/c9-8(10,11)16-7-5(3-15)6(13)1-4(2-12)14-7/h1,3H,(H2,13,14). The number of alkyl halides is 3. The number of aldehydes is 1. The molecule has 0 bridgehead atoms. The molecule has 0 saturated heterocycles. The third-order valence-electron chi connectivity index (χ3n) is 1.50. The van der Waals surface area contributed by atoms with Crippen LogP contribution in [0, 0.1) is 11.3 Å². The Morgan fingerprint density at radius 2 is 2.19 bits per heavy atom. The van der Waals surface area contributed by atoms with Crippen molar-refractivity contribution in [3.63, 3.8) is 0 Å². The van der Waals surface area contributed by atoms with E-state index in [0.29, 0.717) is 0 Å². The van der Waals surface area contributed by atoms with Crippen LogP contribution in [0.1, 0.15) is 16.1 Å². The van der Waals surface area contributed by atoms with Gasteiger partial charge in [0.15, 0.2) is 6.29 Å². The van der Waals surface area contributed by atoms with Gasteiger partial charge in [-0.2, -0.15) is 5.26 Å². The van der Waals surface area contributed by atoms with Crippen molar-refractivity contribution in [1.82, 2.24) is 4.98 Å². The lowest BCUT2D eigenvalue weighted by atomic mass is 10.2. The van der Waals surface area contributed by atoms with Crippen LogP contribution in [-0.2, 0) is 0 Å². The molecule has 0 aliphatic heterocycles. The summed E-state index contributed by atoms with van der Waals surface area (Å²) in [6, 6.07) is 2.47. The van der Waals surface area contributed by atoms with E-state index < -0.39 is 17.8 Å². The van der Waals surface area contributed by atoms with Crippen molar-refractivity contribution in [3.05, 3.63) is 17.3 Å². The van der Waals surface area contributed by atoms with Crippen molar-refractivity contribution in [1.29, 1.82) is 5.26 Å². The Morgan fingerprint density at radius 3 is 2.62 bits per heavy atom. The number of rotatable bonds is 2. The summed E-state index contributed by atoms with van der Waals surface area (Å²) >= 11 is 0. The Labute approximate surface area is 87.3 Å². The Balaban J connectivity index is 3.30. The molecule has 1 rings (SSSR count). The minimum atomic E-state index is -5.01. The van der Waals surface area contributed by atoms with Gasteiger partial charge in [0.25, 0.3) is 0 Å². The maximum Gasteiger partial charge on any atom is 0.574 e. The maximum atomic E-state index is 11.9. The highest BCUT2D eigenvalue weighted by Gasteiger charge is 2.33. The number of pyridine rings is 1. The molecular formula is C8H4F3N3O2.